The lowest BCUT2D eigenvalue weighted by Gasteiger charge is -2.27. The first-order valence-electron chi connectivity index (χ1n) is 6.03. The first kappa shape index (κ1) is 14.0. The summed E-state index contributed by atoms with van der Waals surface area (Å²) in [5, 5.41) is 2.96. The highest BCUT2D eigenvalue weighted by Gasteiger charge is 2.27. The van der Waals surface area contributed by atoms with Crippen LogP contribution in [-0.2, 0) is 19.1 Å². The minimum Gasteiger partial charge on any atom is -0.469 e. The Morgan fingerprint density at radius 3 is 2.35 bits per heavy atom. The number of hydrogen-bond donors (Lipinski definition) is 1. The predicted octanol–water partition coefficient (Wildman–Crippen LogP) is 0.871. The number of hydrogen-bond acceptors (Lipinski definition) is 4. The Hall–Kier alpha value is -1.10. The minimum atomic E-state index is -0.130. The van der Waals surface area contributed by atoms with Crippen LogP contribution in [0.15, 0.2) is 0 Å². The van der Waals surface area contributed by atoms with E-state index in [2.05, 4.69) is 5.32 Å². The van der Waals surface area contributed by atoms with Crippen molar-refractivity contribution in [2.75, 3.05) is 20.8 Å². The van der Waals surface area contributed by atoms with E-state index in [1.807, 2.05) is 0 Å². The van der Waals surface area contributed by atoms with E-state index >= 15 is 0 Å². The number of ether oxygens (including phenoxy) is 2. The van der Waals surface area contributed by atoms with Gasteiger partial charge in [0.25, 0.3) is 0 Å². The number of methoxy groups -OCH3 is 2. The summed E-state index contributed by atoms with van der Waals surface area (Å²) in [6.45, 7) is 0.448. The molecule has 1 saturated carbocycles. The maximum absolute atomic E-state index is 11.5. The van der Waals surface area contributed by atoms with E-state index in [0.717, 1.165) is 25.7 Å². The van der Waals surface area contributed by atoms with Crippen molar-refractivity contribution in [3.05, 3.63) is 0 Å². The maximum Gasteiger partial charge on any atom is 0.308 e. The SMILES string of the molecule is COCCC(=O)NC1CCC(C(=O)OC)CC1. The molecule has 1 rings (SSSR count). The zero-order chi connectivity index (χ0) is 12.7. The summed E-state index contributed by atoms with van der Waals surface area (Å²) in [5.41, 5.74) is 0. The molecule has 17 heavy (non-hydrogen) atoms. The Kier molecular flexibility index (Phi) is 5.97. The fourth-order valence-electron chi connectivity index (χ4n) is 2.13. The molecule has 0 unspecified atom stereocenters. The second-order valence-electron chi connectivity index (χ2n) is 4.38. The summed E-state index contributed by atoms with van der Waals surface area (Å²) in [6.07, 6.45) is 3.67. The normalized spacial score (nSPS) is 24.1. The Morgan fingerprint density at radius 2 is 1.82 bits per heavy atom. The Morgan fingerprint density at radius 1 is 1.18 bits per heavy atom. The van der Waals surface area contributed by atoms with Crippen molar-refractivity contribution in [2.24, 2.45) is 5.92 Å². The minimum absolute atomic E-state index is 0.00660. The predicted molar refractivity (Wildman–Crippen MR) is 62.4 cm³/mol. The zero-order valence-corrected chi connectivity index (χ0v) is 10.5. The average molecular weight is 243 g/mol. The topological polar surface area (TPSA) is 64.6 Å². The van der Waals surface area contributed by atoms with Crippen molar-refractivity contribution in [3.8, 4) is 0 Å². The first-order valence-corrected chi connectivity index (χ1v) is 6.03. The largest absolute Gasteiger partial charge is 0.469 e. The third kappa shape index (κ3) is 4.73. The molecule has 98 valence electrons. The molecule has 1 amide bonds. The molecular formula is C12H21NO4. The van der Waals surface area contributed by atoms with Crippen LogP contribution in [0.3, 0.4) is 0 Å². The fraction of sp³-hybridized carbons (Fsp3) is 0.833. The van der Waals surface area contributed by atoms with Crippen LogP contribution in [0.25, 0.3) is 0 Å². The summed E-state index contributed by atoms with van der Waals surface area (Å²) in [4.78, 5) is 22.8. The van der Waals surface area contributed by atoms with E-state index in [1.54, 1.807) is 7.11 Å². The third-order valence-corrected chi connectivity index (χ3v) is 3.16. The Balaban J connectivity index is 2.23. The fourth-order valence-corrected chi connectivity index (χ4v) is 2.13. The molecular weight excluding hydrogens is 222 g/mol. The standard InChI is InChI=1S/C12H21NO4/c1-16-8-7-11(14)13-10-5-3-9(4-6-10)12(15)17-2/h9-10H,3-8H2,1-2H3,(H,13,14). The van der Waals surface area contributed by atoms with Crippen LogP contribution >= 0.6 is 0 Å². The van der Waals surface area contributed by atoms with Crippen LogP contribution < -0.4 is 5.32 Å². The van der Waals surface area contributed by atoms with Gasteiger partial charge in [0.05, 0.1) is 19.6 Å². The quantitative estimate of drug-likeness (QED) is 0.728. The highest BCUT2D eigenvalue weighted by Crippen LogP contribution is 2.25. The Bertz CT molecular complexity index is 259. The number of nitrogens with one attached hydrogen (secondary N) is 1. The third-order valence-electron chi connectivity index (χ3n) is 3.16. The van der Waals surface area contributed by atoms with Crippen LogP contribution in [0.4, 0.5) is 0 Å². The molecule has 0 aromatic heterocycles. The first-order chi connectivity index (χ1) is 8.17. The molecule has 0 aromatic rings. The lowest BCUT2D eigenvalue weighted by Crippen LogP contribution is -2.39. The van der Waals surface area contributed by atoms with E-state index in [-0.39, 0.29) is 23.8 Å². The average Bonchev–Trinajstić information content (AvgIpc) is 2.36. The molecule has 1 aliphatic rings. The van der Waals surface area contributed by atoms with Gasteiger partial charge < -0.3 is 14.8 Å². The second-order valence-corrected chi connectivity index (χ2v) is 4.38. The van der Waals surface area contributed by atoms with Crippen LogP contribution in [0.5, 0.6) is 0 Å². The van der Waals surface area contributed by atoms with Gasteiger partial charge in [0.15, 0.2) is 0 Å². The molecule has 0 saturated heterocycles. The number of carbonyl (C=O) groups excluding carboxylic acids is 2. The molecule has 0 heterocycles. The van der Waals surface area contributed by atoms with E-state index in [1.165, 1.54) is 7.11 Å². The van der Waals surface area contributed by atoms with Crippen LogP contribution in [0.1, 0.15) is 32.1 Å². The van der Waals surface area contributed by atoms with Crippen molar-refractivity contribution in [1.82, 2.24) is 5.32 Å². The second kappa shape index (κ2) is 7.27. The number of rotatable bonds is 5. The summed E-state index contributed by atoms with van der Waals surface area (Å²) in [7, 11) is 3.00. The van der Waals surface area contributed by atoms with Gasteiger partial charge in [-0.2, -0.15) is 0 Å². The molecule has 0 aliphatic heterocycles. The van der Waals surface area contributed by atoms with Crippen molar-refractivity contribution < 1.29 is 19.1 Å². The van der Waals surface area contributed by atoms with Gasteiger partial charge in [0.1, 0.15) is 0 Å². The van der Waals surface area contributed by atoms with Gasteiger partial charge in [-0.05, 0) is 25.7 Å². The van der Waals surface area contributed by atoms with E-state index in [0.29, 0.717) is 13.0 Å². The van der Waals surface area contributed by atoms with Crippen molar-refractivity contribution in [3.63, 3.8) is 0 Å². The van der Waals surface area contributed by atoms with Crippen molar-refractivity contribution >= 4 is 11.9 Å². The highest BCUT2D eigenvalue weighted by molar-refractivity contribution is 5.76. The number of esters is 1. The molecule has 0 aromatic carbocycles. The molecule has 0 radical (unpaired) electrons. The zero-order valence-electron chi connectivity index (χ0n) is 10.5. The number of carbonyl (C=O) groups is 2. The summed E-state index contributed by atoms with van der Waals surface area (Å²) in [6, 6.07) is 0.195. The van der Waals surface area contributed by atoms with E-state index in [9.17, 15) is 9.59 Å². The van der Waals surface area contributed by atoms with E-state index < -0.39 is 0 Å². The molecule has 0 spiro atoms. The van der Waals surface area contributed by atoms with Gasteiger partial charge in [0, 0.05) is 19.6 Å². The molecule has 1 fully saturated rings. The summed E-state index contributed by atoms with van der Waals surface area (Å²) < 4.78 is 9.56. The lowest BCUT2D eigenvalue weighted by atomic mass is 9.86. The molecule has 5 nitrogen and oxygen atoms in total. The van der Waals surface area contributed by atoms with Gasteiger partial charge in [-0.3, -0.25) is 9.59 Å². The monoisotopic (exact) mass is 243 g/mol. The van der Waals surface area contributed by atoms with Crippen LogP contribution in [0, 0.1) is 5.92 Å². The molecule has 0 bridgehead atoms. The summed E-state index contributed by atoms with van der Waals surface area (Å²) in [5.74, 6) is -0.102. The van der Waals surface area contributed by atoms with Gasteiger partial charge in [-0.25, -0.2) is 0 Å². The highest BCUT2D eigenvalue weighted by atomic mass is 16.5. The van der Waals surface area contributed by atoms with Gasteiger partial charge in [-0.15, -0.1) is 0 Å². The molecule has 5 heteroatoms. The molecule has 0 atom stereocenters. The van der Waals surface area contributed by atoms with Crippen LogP contribution in [0.2, 0.25) is 0 Å². The number of amides is 1. The van der Waals surface area contributed by atoms with Gasteiger partial charge >= 0.3 is 5.97 Å². The smallest absolute Gasteiger partial charge is 0.308 e. The van der Waals surface area contributed by atoms with Gasteiger partial charge in [0.2, 0.25) is 5.91 Å². The maximum atomic E-state index is 11.5. The molecule has 1 aliphatic carbocycles. The van der Waals surface area contributed by atoms with Crippen LogP contribution in [-0.4, -0.2) is 38.7 Å². The van der Waals surface area contributed by atoms with Gasteiger partial charge in [-0.1, -0.05) is 0 Å². The lowest BCUT2D eigenvalue weighted by molar-refractivity contribution is -0.146. The van der Waals surface area contributed by atoms with E-state index in [4.69, 9.17) is 9.47 Å². The molecule has 1 N–H and O–H groups in total. The Labute approximate surface area is 102 Å². The summed E-state index contributed by atoms with van der Waals surface area (Å²) >= 11 is 0. The van der Waals surface area contributed by atoms with Crippen molar-refractivity contribution in [2.45, 2.75) is 38.1 Å². The van der Waals surface area contributed by atoms with Crippen molar-refractivity contribution in [1.29, 1.82) is 0 Å².